The molecule has 12 heteroatoms. The maximum atomic E-state index is 13.1. The number of ether oxygens (including phenoxy) is 5. The van der Waals surface area contributed by atoms with Gasteiger partial charge in [-0.2, -0.15) is 0 Å². The van der Waals surface area contributed by atoms with Gasteiger partial charge in [0.25, 0.3) is 0 Å². The van der Waals surface area contributed by atoms with Gasteiger partial charge in [0.2, 0.25) is 0 Å². The number of aliphatic carboxylic acids is 1. The van der Waals surface area contributed by atoms with Crippen molar-refractivity contribution < 1.29 is 58.2 Å². The number of unbranched alkanes of at least 4 members (excludes halogenated alkanes) is 27. The van der Waals surface area contributed by atoms with Crippen LogP contribution in [0.4, 0.5) is 0 Å². The lowest BCUT2D eigenvalue weighted by molar-refractivity contribution is -0.301. The molecule has 6 unspecified atom stereocenters. The number of carbonyl (C=O) groups excluding carboxylic acids is 3. The summed E-state index contributed by atoms with van der Waals surface area (Å²) in [6.45, 7) is 5.81. The SMILES string of the molecule is CC/C=C\C/C=C\C/C=C\C/C=C\CCC(=O)OCC(COC1OC(C(=O)O)C(O)C(O)C1OC(=O)CCCCCCCCCCCCCCCCCCCCC)OC(=O)CCCCCCC/C=C\CCCCCC. The molecule has 432 valence electrons. The van der Waals surface area contributed by atoms with Crippen LogP contribution in [-0.4, -0.2) is 89.2 Å². The number of allylic oxidation sites excluding steroid dienone is 10. The average Bonchev–Trinajstić information content (AvgIpc) is 3.39. The number of aliphatic hydroxyl groups is 2. The molecule has 0 aromatic rings. The zero-order chi connectivity index (χ0) is 54.7. The molecule has 0 aromatic heterocycles. The van der Waals surface area contributed by atoms with Crippen molar-refractivity contribution in [3.63, 3.8) is 0 Å². The van der Waals surface area contributed by atoms with Gasteiger partial charge in [0.15, 0.2) is 24.6 Å². The van der Waals surface area contributed by atoms with Gasteiger partial charge in [0.05, 0.1) is 6.61 Å². The van der Waals surface area contributed by atoms with E-state index < -0.39 is 67.3 Å². The minimum absolute atomic E-state index is 0.0561. The molecule has 1 fully saturated rings. The van der Waals surface area contributed by atoms with Crippen LogP contribution in [0.15, 0.2) is 60.8 Å². The number of aliphatic hydroxyl groups excluding tert-OH is 2. The van der Waals surface area contributed by atoms with E-state index in [-0.39, 0.29) is 25.9 Å². The Morgan fingerprint density at radius 2 is 0.867 bits per heavy atom. The molecule has 0 bridgehead atoms. The summed E-state index contributed by atoms with van der Waals surface area (Å²) >= 11 is 0. The van der Waals surface area contributed by atoms with Crippen LogP contribution in [0.2, 0.25) is 0 Å². The molecule has 6 atom stereocenters. The molecule has 0 aromatic carbocycles. The van der Waals surface area contributed by atoms with Gasteiger partial charge < -0.3 is 39.0 Å². The van der Waals surface area contributed by atoms with Gasteiger partial charge in [-0.3, -0.25) is 14.4 Å². The number of hydrogen-bond donors (Lipinski definition) is 3. The molecule has 0 saturated carbocycles. The van der Waals surface area contributed by atoms with Gasteiger partial charge in [0, 0.05) is 19.3 Å². The Morgan fingerprint density at radius 3 is 1.35 bits per heavy atom. The summed E-state index contributed by atoms with van der Waals surface area (Å²) in [5, 5.41) is 31.5. The van der Waals surface area contributed by atoms with Crippen LogP contribution in [-0.2, 0) is 42.9 Å². The lowest BCUT2D eigenvalue weighted by atomic mass is 9.98. The molecular weight excluding hydrogens is 949 g/mol. The van der Waals surface area contributed by atoms with E-state index in [2.05, 4.69) is 69.4 Å². The number of carbonyl (C=O) groups is 4. The van der Waals surface area contributed by atoms with Gasteiger partial charge in [-0.05, 0) is 70.6 Å². The van der Waals surface area contributed by atoms with E-state index in [0.717, 1.165) is 89.9 Å². The minimum atomic E-state index is -1.91. The van der Waals surface area contributed by atoms with E-state index in [4.69, 9.17) is 23.7 Å². The summed E-state index contributed by atoms with van der Waals surface area (Å²) in [4.78, 5) is 51.1. The lowest BCUT2D eigenvalue weighted by Crippen LogP contribution is -2.61. The van der Waals surface area contributed by atoms with Gasteiger partial charge >= 0.3 is 23.9 Å². The van der Waals surface area contributed by atoms with E-state index in [1.165, 1.54) is 116 Å². The van der Waals surface area contributed by atoms with Gasteiger partial charge in [-0.1, -0.05) is 236 Å². The molecule has 1 saturated heterocycles. The van der Waals surface area contributed by atoms with E-state index in [0.29, 0.717) is 19.3 Å². The van der Waals surface area contributed by atoms with E-state index in [1.54, 1.807) is 0 Å². The Morgan fingerprint density at radius 1 is 0.453 bits per heavy atom. The van der Waals surface area contributed by atoms with Crippen molar-refractivity contribution in [3.05, 3.63) is 60.8 Å². The molecule has 0 aliphatic carbocycles. The summed E-state index contributed by atoms with van der Waals surface area (Å²) in [6.07, 6.45) is 50.7. The van der Waals surface area contributed by atoms with E-state index in [9.17, 15) is 34.5 Å². The van der Waals surface area contributed by atoms with Crippen molar-refractivity contribution >= 4 is 23.9 Å². The van der Waals surface area contributed by atoms with Crippen molar-refractivity contribution in [3.8, 4) is 0 Å². The molecule has 3 N–H and O–H groups in total. The maximum Gasteiger partial charge on any atom is 0.335 e. The fraction of sp³-hybridized carbons (Fsp3) is 0.778. The third kappa shape index (κ3) is 41.2. The minimum Gasteiger partial charge on any atom is -0.479 e. The fourth-order valence-electron chi connectivity index (χ4n) is 8.97. The highest BCUT2D eigenvalue weighted by atomic mass is 16.7. The van der Waals surface area contributed by atoms with Crippen molar-refractivity contribution in [1.82, 2.24) is 0 Å². The normalized spacial score (nSPS) is 18.5. The molecule has 0 amide bonds. The summed E-state index contributed by atoms with van der Waals surface area (Å²) in [5.74, 6) is -3.22. The predicted molar refractivity (Wildman–Crippen MR) is 303 cm³/mol. The third-order valence-corrected chi connectivity index (χ3v) is 13.6. The molecule has 1 heterocycles. The van der Waals surface area contributed by atoms with Crippen molar-refractivity contribution in [2.24, 2.45) is 0 Å². The molecule has 75 heavy (non-hydrogen) atoms. The topological polar surface area (TPSA) is 175 Å². The monoisotopic (exact) mass is 1060 g/mol. The first kappa shape index (κ1) is 69.4. The number of carboxylic acid groups (broad SMARTS) is 1. The van der Waals surface area contributed by atoms with E-state index >= 15 is 0 Å². The zero-order valence-electron chi connectivity index (χ0n) is 47.5. The molecular formula is C63H108O12. The number of hydrogen-bond acceptors (Lipinski definition) is 11. The largest absolute Gasteiger partial charge is 0.479 e. The molecule has 0 radical (unpaired) electrons. The molecule has 1 aliphatic rings. The Labute approximate surface area is 456 Å². The summed E-state index contributed by atoms with van der Waals surface area (Å²) in [7, 11) is 0. The predicted octanol–water partition coefficient (Wildman–Crippen LogP) is 15.6. The third-order valence-electron chi connectivity index (χ3n) is 13.6. The standard InChI is InChI=1S/C63H108O12/c1-4-7-10-13-16-19-22-25-26-27-28-29-30-33-36-39-42-45-48-51-57(66)74-61-59(68)58(67)60(62(69)70)75-63(61)72-53-54(73-56(65)50-47-44-41-38-35-32-24-21-18-15-12-9-6-3)52-71-55(64)49-46-43-40-37-34-31-23-20-17-14-11-8-5-2/h8,11,17,20-21,24,31,34,40,43,54,58-61,63,67-68H,4-7,9-10,12-16,18-19,22-23,25-30,32-33,35-39,41-42,44-53H2,1-3H3,(H,69,70)/b11-8-,20-17-,24-21-,34-31-,43-40-. The number of carboxylic acids is 1. The zero-order valence-corrected chi connectivity index (χ0v) is 47.5. The van der Waals surface area contributed by atoms with E-state index in [1.807, 2.05) is 12.2 Å². The smallest absolute Gasteiger partial charge is 0.335 e. The van der Waals surface area contributed by atoms with Gasteiger partial charge in [-0.15, -0.1) is 0 Å². The van der Waals surface area contributed by atoms with Crippen LogP contribution in [0.25, 0.3) is 0 Å². The summed E-state index contributed by atoms with van der Waals surface area (Å²) in [6, 6.07) is 0. The van der Waals surface area contributed by atoms with Gasteiger partial charge in [0.1, 0.15) is 18.8 Å². The van der Waals surface area contributed by atoms with Gasteiger partial charge in [-0.25, -0.2) is 4.79 Å². The fourth-order valence-corrected chi connectivity index (χ4v) is 8.97. The maximum absolute atomic E-state index is 13.1. The van der Waals surface area contributed by atoms with Crippen LogP contribution >= 0.6 is 0 Å². The van der Waals surface area contributed by atoms with Crippen molar-refractivity contribution in [2.75, 3.05) is 13.2 Å². The molecule has 0 spiro atoms. The Kier molecular flexibility index (Phi) is 47.4. The Bertz CT molecular complexity index is 1540. The summed E-state index contributed by atoms with van der Waals surface area (Å²) in [5.41, 5.74) is 0. The first-order valence-corrected chi connectivity index (χ1v) is 30.3. The summed E-state index contributed by atoms with van der Waals surface area (Å²) < 4.78 is 28.3. The molecule has 1 rings (SSSR count). The highest BCUT2D eigenvalue weighted by Crippen LogP contribution is 2.26. The van der Waals surface area contributed by atoms with Crippen LogP contribution in [0.1, 0.15) is 265 Å². The van der Waals surface area contributed by atoms with Crippen LogP contribution < -0.4 is 0 Å². The Hall–Kier alpha value is -3.58. The van der Waals surface area contributed by atoms with Crippen molar-refractivity contribution in [1.29, 1.82) is 0 Å². The Balaban J connectivity index is 2.68. The second kappa shape index (κ2) is 51.2. The second-order valence-electron chi connectivity index (χ2n) is 20.6. The first-order chi connectivity index (χ1) is 36.6. The average molecular weight is 1060 g/mol. The number of rotatable bonds is 51. The van der Waals surface area contributed by atoms with Crippen LogP contribution in [0.3, 0.4) is 0 Å². The lowest BCUT2D eigenvalue weighted by Gasteiger charge is -2.40. The quantitative estimate of drug-likeness (QED) is 0.0228. The first-order valence-electron chi connectivity index (χ1n) is 30.3. The molecule has 12 nitrogen and oxygen atoms in total. The molecule has 1 aliphatic heterocycles. The van der Waals surface area contributed by atoms with Crippen LogP contribution in [0.5, 0.6) is 0 Å². The highest BCUT2D eigenvalue weighted by molar-refractivity contribution is 5.74. The van der Waals surface area contributed by atoms with Crippen LogP contribution in [0, 0.1) is 0 Å². The number of esters is 3. The highest BCUT2D eigenvalue weighted by Gasteiger charge is 2.50. The van der Waals surface area contributed by atoms with Crippen molar-refractivity contribution in [2.45, 2.75) is 302 Å². The second-order valence-corrected chi connectivity index (χ2v) is 20.6.